The van der Waals surface area contributed by atoms with Gasteiger partial charge in [-0.1, -0.05) is 22.0 Å². The van der Waals surface area contributed by atoms with Crippen molar-refractivity contribution in [3.8, 4) is 0 Å². The minimum Gasteiger partial charge on any atom is -0.325 e. The average molecular weight is 361 g/mol. The SMILES string of the molecule is CC(C)(Br)C(=O)Nc1cccc(S(=O)(=O)NC2CC2)c1. The third kappa shape index (κ3) is 4.04. The van der Waals surface area contributed by atoms with E-state index in [9.17, 15) is 13.2 Å². The van der Waals surface area contributed by atoms with Crippen LogP contribution in [0.5, 0.6) is 0 Å². The van der Waals surface area contributed by atoms with Crippen LogP contribution in [0.4, 0.5) is 5.69 Å². The summed E-state index contributed by atoms with van der Waals surface area (Å²) >= 11 is 3.26. The van der Waals surface area contributed by atoms with Crippen molar-refractivity contribution >= 4 is 37.5 Å². The first-order chi connectivity index (χ1) is 9.18. The lowest BCUT2D eigenvalue weighted by atomic mass is 10.2. The fourth-order valence-electron chi connectivity index (χ4n) is 1.51. The van der Waals surface area contributed by atoms with E-state index in [4.69, 9.17) is 0 Å². The number of benzene rings is 1. The number of nitrogens with one attached hydrogen (secondary N) is 2. The molecule has 20 heavy (non-hydrogen) atoms. The average Bonchev–Trinajstić information content (AvgIpc) is 3.11. The van der Waals surface area contributed by atoms with Gasteiger partial charge in [0.15, 0.2) is 0 Å². The summed E-state index contributed by atoms with van der Waals surface area (Å²) in [6, 6.07) is 6.30. The highest BCUT2D eigenvalue weighted by molar-refractivity contribution is 9.10. The highest BCUT2D eigenvalue weighted by Gasteiger charge is 2.28. The van der Waals surface area contributed by atoms with Crippen LogP contribution in [0.2, 0.25) is 0 Å². The van der Waals surface area contributed by atoms with E-state index in [1.165, 1.54) is 12.1 Å². The van der Waals surface area contributed by atoms with Crippen LogP contribution < -0.4 is 10.0 Å². The van der Waals surface area contributed by atoms with Crippen LogP contribution in [0.15, 0.2) is 29.2 Å². The van der Waals surface area contributed by atoms with Gasteiger partial charge in [-0.15, -0.1) is 0 Å². The summed E-state index contributed by atoms with van der Waals surface area (Å²) in [4.78, 5) is 12.0. The summed E-state index contributed by atoms with van der Waals surface area (Å²) in [5.74, 6) is -0.234. The minimum atomic E-state index is -3.50. The van der Waals surface area contributed by atoms with Gasteiger partial charge in [0.25, 0.3) is 0 Å². The third-order valence-electron chi connectivity index (χ3n) is 2.84. The normalized spacial score (nSPS) is 15.9. The summed E-state index contributed by atoms with van der Waals surface area (Å²) in [7, 11) is -3.50. The highest BCUT2D eigenvalue weighted by atomic mass is 79.9. The van der Waals surface area contributed by atoms with Gasteiger partial charge in [-0.05, 0) is 44.9 Å². The third-order valence-corrected chi connectivity index (χ3v) is 4.72. The zero-order chi connectivity index (χ0) is 15.0. The molecule has 0 saturated heterocycles. The lowest BCUT2D eigenvalue weighted by Crippen LogP contribution is -2.31. The van der Waals surface area contributed by atoms with E-state index in [1.54, 1.807) is 26.0 Å². The Kier molecular flexibility index (Phi) is 4.22. The molecular weight excluding hydrogens is 344 g/mol. The summed E-state index contributed by atoms with van der Waals surface area (Å²) in [6.07, 6.45) is 1.76. The number of rotatable bonds is 5. The van der Waals surface area contributed by atoms with Gasteiger partial charge in [-0.2, -0.15) is 0 Å². The van der Waals surface area contributed by atoms with Gasteiger partial charge in [-0.25, -0.2) is 13.1 Å². The Balaban J connectivity index is 2.17. The molecule has 0 spiro atoms. The van der Waals surface area contributed by atoms with Crippen molar-refractivity contribution in [2.24, 2.45) is 0 Å². The molecule has 0 radical (unpaired) electrons. The lowest BCUT2D eigenvalue weighted by molar-refractivity contribution is -0.117. The van der Waals surface area contributed by atoms with Gasteiger partial charge < -0.3 is 5.32 Å². The van der Waals surface area contributed by atoms with Gasteiger partial charge in [0.1, 0.15) is 0 Å². The topological polar surface area (TPSA) is 75.3 Å². The van der Waals surface area contributed by atoms with Crippen LogP contribution in [0.3, 0.4) is 0 Å². The number of amides is 1. The Morgan fingerprint density at radius 3 is 2.55 bits per heavy atom. The first kappa shape index (κ1) is 15.5. The molecule has 1 aliphatic rings. The van der Waals surface area contributed by atoms with Crippen molar-refractivity contribution in [3.05, 3.63) is 24.3 Å². The van der Waals surface area contributed by atoms with Gasteiger partial charge in [-0.3, -0.25) is 4.79 Å². The second kappa shape index (κ2) is 5.46. The Bertz CT molecular complexity index is 619. The van der Waals surface area contributed by atoms with Crippen molar-refractivity contribution in [1.82, 2.24) is 4.72 Å². The molecular formula is C13H17BrN2O3S. The maximum atomic E-state index is 12.1. The van der Waals surface area contributed by atoms with Gasteiger partial charge in [0, 0.05) is 11.7 Å². The van der Waals surface area contributed by atoms with Crippen molar-refractivity contribution in [2.45, 2.75) is 42.0 Å². The van der Waals surface area contributed by atoms with Gasteiger partial charge in [0.2, 0.25) is 15.9 Å². The number of carbonyl (C=O) groups is 1. The van der Waals surface area contributed by atoms with E-state index in [0.29, 0.717) is 5.69 Å². The molecule has 0 heterocycles. The molecule has 0 atom stereocenters. The number of carbonyl (C=O) groups excluding carboxylic acids is 1. The predicted octanol–water partition coefficient (Wildman–Crippen LogP) is 2.24. The number of sulfonamides is 1. The van der Waals surface area contributed by atoms with Crippen LogP contribution in [0.1, 0.15) is 26.7 Å². The van der Waals surface area contributed by atoms with Crippen molar-refractivity contribution < 1.29 is 13.2 Å². The second-order valence-electron chi connectivity index (χ2n) is 5.35. The van der Waals surface area contributed by atoms with Crippen molar-refractivity contribution in [1.29, 1.82) is 0 Å². The molecule has 0 unspecified atom stereocenters. The number of halogens is 1. The van der Waals surface area contributed by atoms with E-state index in [-0.39, 0.29) is 16.8 Å². The first-order valence-corrected chi connectivity index (χ1v) is 8.59. The van der Waals surface area contributed by atoms with Gasteiger partial charge >= 0.3 is 0 Å². The van der Waals surface area contributed by atoms with Crippen molar-refractivity contribution in [2.75, 3.05) is 5.32 Å². The number of alkyl halides is 1. The summed E-state index contributed by atoms with van der Waals surface area (Å²) in [6.45, 7) is 3.44. The summed E-state index contributed by atoms with van der Waals surface area (Å²) in [5.41, 5.74) is 0.459. The molecule has 0 bridgehead atoms. The highest BCUT2D eigenvalue weighted by Crippen LogP contribution is 2.24. The number of anilines is 1. The van der Waals surface area contributed by atoms with Crippen LogP contribution in [-0.2, 0) is 14.8 Å². The molecule has 0 aliphatic heterocycles. The largest absolute Gasteiger partial charge is 0.325 e. The molecule has 5 nitrogen and oxygen atoms in total. The predicted molar refractivity (Wildman–Crippen MR) is 81.4 cm³/mol. The molecule has 1 amide bonds. The molecule has 7 heteroatoms. The fourth-order valence-corrected chi connectivity index (χ4v) is 2.96. The molecule has 1 aliphatic carbocycles. The molecule has 0 aromatic heterocycles. The van der Waals surface area contributed by atoms with Crippen LogP contribution in [-0.4, -0.2) is 24.7 Å². The van der Waals surface area contributed by atoms with E-state index in [0.717, 1.165) is 12.8 Å². The fraction of sp³-hybridized carbons (Fsp3) is 0.462. The van der Waals surface area contributed by atoms with E-state index in [2.05, 4.69) is 26.0 Å². The Hall–Kier alpha value is -0.920. The maximum Gasteiger partial charge on any atom is 0.240 e. The standard InChI is InChI=1S/C13H17BrN2O3S/c1-13(2,14)12(17)15-10-4-3-5-11(8-10)20(18,19)16-9-6-7-9/h3-5,8-9,16H,6-7H2,1-2H3,(H,15,17). The van der Waals surface area contributed by atoms with Crippen LogP contribution >= 0.6 is 15.9 Å². The van der Waals surface area contributed by atoms with Crippen molar-refractivity contribution in [3.63, 3.8) is 0 Å². The molecule has 2 N–H and O–H groups in total. The Morgan fingerprint density at radius 1 is 1.35 bits per heavy atom. The molecule has 110 valence electrons. The minimum absolute atomic E-state index is 0.0553. The Labute approximate surface area is 127 Å². The molecule has 2 rings (SSSR count). The smallest absolute Gasteiger partial charge is 0.240 e. The molecule has 1 saturated carbocycles. The van der Waals surface area contributed by atoms with Crippen LogP contribution in [0, 0.1) is 0 Å². The zero-order valence-electron chi connectivity index (χ0n) is 11.3. The number of hydrogen-bond donors (Lipinski definition) is 2. The summed E-state index contributed by atoms with van der Waals surface area (Å²) < 4.78 is 26.1. The van der Waals surface area contributed by atoms with E-state index >= 15 is 0 Å². The van der Waals surface area contributed by atoms with E-state index in [1.807, 2.05) is 0 Å². The zero-order valence-corrected chi connectivity index (χ0v) is 13.7. The summed E-state index contributed by atoms with van der Waals surface area (Å²) in [5, 5.41) is 2.69. The lowest BCUT2D eigenvalue weighted by Gasteiger charge is -2.16. The maximum absolute atomic E-state index is 12.1. The molecule has 1 fully saturated rings. The monoisotopic (exact) mass is 360 g/mol. The van der Waals surface area contributed by atoms with Crippen LogP contribution in [0.25, 0.3) is 0 Å². The quantitative estimate of drug-likeness (QED) is 0.790. The molecule has 1 aromatic rings. The molecule has 1 aromatic carbocycles. The number of hydrogen-bond acceptors (Lipinski definition) is 3. The Morgan fingerprint density at radius 2 is 2.00 bits per heavy atom. The van der Waals surface area contributed by atoms with Gasteiger partial charge in [0.05, 0.1) is 9.22 Å². The second-order valence-corrected chi connectivity index (χ2v) is 9.05. The van der Waals surface area contributed by atoms with E-state index < -0.39 is 14.3 Å². The first-order valence-electron chi connectivity index (χ1n) is 6.31.